The van der Waals surface area contributed by atoms with Crippen LogP contribution in [0.5, 0.6) is 0 Å². The summed E-state index contributed by atoms with van der Waals surface area (Å²) in [7, 11) is 0. The third-order valence-corrected chi connectivity index (χ3v) is 8.49. The molecule has 3 aliphatic carbocycles. The summed E-state index contributed by atoms with van der Waals surface area (Å²) in [5.41, 5.74) is 4.77. The second kappa shape index (κ2) is 10.2. The highest BCUT2D eigenvalue weighted by atomic mass is 35.5. The molecule has 0 aromatic heterocycles. The van der Waals surface area contributed by atoms with E-state index in [0.29, 0.717) is 10.7 Å². The van der Waals surface area contributed by atoms with Crippen LogP contribution in [0.15, 0.2) is 72.8 Å². The van der Waals surface area contributed by atoms with Gasteiger partial charge in [0.05, 0.1) is 11.8 Å². The molecular weight excluding hydrogens is 528 g/mol. The number of esters is 1. The zero-order valence-electron chi connectivity index (χ0n) is 22.2. The molecule has 0 unspecified atom stereocenters. The molecule has 1 fully saturated rings. The van der Waals surface area contributed by atoms with E-state index in [1.54, 1.807) is 24.3 Å². The summed E-state index contributed by atoms with van der Waals surface area (Å²) in [6.45, 7) is 3.29. The summed E-state index contributed by atoms with van der Waals surface area (Å²) in [4.78, 5) is 55.2. The Morgan fingerprint density at radius 3 is 1.75 bits per heavy atom. The number of anilines is 1. The highest BCUT2D eigenvalue weighted by Gasteiger charge is 2.63. The fourth-order valence-corrected chi connectivity index (χ4v) is 6.85. The number of carbonyl (C=O) groups is 4. The number of benzene rings is 3. The summed E-state index contributed by atoms with van der Waals surface area (Å²) in [5.74, 6) is -3.68. The van der Waals surface area contributed by atoms with Crippen molar-refractivity contribution in [2.24, 2.45) is 17.8 Å². The number of rotatable bonds is 7. The number of hydrogen-bond acceptors (Lipinski definition) is 5. The molecule has 204 valence electrons. The molecule has 7 nitrogen and oxygen atoms in total. The Labute approximate surface area is 237 Å². The minimum atomic E-state index is -1.11. The van der Waals surface area contributed by atoms with Gasteiger partial charge in [0, 0.05) is 22.5 Å². The van der Waals surface area contributed by atoms with Gasteiger partial charge in [0.25, 0.3) is 5.91 Å². The lowest BCUT2D eigenvalue weighted by Crippen LogP contribution is -2.47. The van der Waals surface area contributed by atoms with Crippen molar-refractivity contribution < 1.29 is 23.9 Å². The van der Waals surface area contributed by atoms with Crippen molar-refractivity contribution in [1.82, 2.24) is 4.90 Å². The molecule has 1 aliphatic heterocycles. The lowest BCUT2D eigenvalue weighted by Gasteiger charge is -2.45. The Balaban J connectivity index is 1.27. The van der Waals surface area contributed by atoms with E-state index in [1.165, 1.54) is 0 Å². The fraction of sp³-hybridized carbons (Fsp3) is 0.312. The Kier molecular flexibility index (Phi) is 6.70. The van der Waals surface area contributed by atoms with E-state index in [9.17, 15) is 19.2 Å². The van der Waals surface area contributed by atoms with Crippen LogP contribution in [0.1, 0.15) is 54.4 Å². The van der Waals surface area contributed by atoms with Crippen LogP contribution in [0.2, 0.25) is 5.02 Å². The largest absolute Gasteiger partial charge is 0.454 e. The van der Waals surface area contributed by atoms with Crippen LogP contribution in [-0.2, 0) is 23.9 Å². The van der Waals surface area contributed by atoms with Crippen LogP contribution < -0.4 is 5.32 Å². The summed E-state index contributed by atoms with van der Waals surface area (Å²) in [6, 6.07) is 21.4. The van der Waals surface area contributed by atoms with E-state index in [2.05, 4.69) is 5.32 Å². The normalized spacial score (nSPS) is 22.9. The Morgan fingerprint density at radius 1 is 0.825 bits per heavy atom. The average Bonchev–Trinajstić information content (AvgIpc) is 3.21. The molecule has 0 radical (unpaired) electrons. The van der Waals surface area contributed by atoms with Gasteiger partial charge < -0.3 is 10.1 Å². The second-order valence-corrected chi connectivity index (χ2v) is 11.6. The highest BCUT2D eigenvalue weighted by Crippen LogP contribution is 2.61. The van der Waals surface area contributed by atoms with Crippen molar-refractivity contribution in [2.45, 2.75) is 38.1 Å². The molecule has 0 saturated carbocycles. The SMILES string of the molecule is CC(C)C[C@H](C(=O)OCC(=O)Nc1ccc(Cl)cc1)N1C(=O)[C@@H]2C3c4ccccc4C(c4ccccc43)[C@@H]2C1=O. The maximum Gasteiger partial charge on any atom is 0.329 e. The predicted molar refractivity (Wildman–Crippen MR) is 150 cm³/mol. The van der Waals surface area contributed by atoms with Crippen molar-refractivity contribution in [3.05, 3.63) is 100 Å². The van der Waals surface area contributed by atoms with Gasteiger partial charge in [0.15, 0.2) is 6.61 Å². The van der Waals surface area contributed by atoms with Crippen LogP contribution in [0.4, 0.5) is 5.69 Å². The molecule has 1 saturated heterocycles. The first-order valence-electron chi connectivity index (χ1n) is 13.5. The van der Waals surface area contributed by atoms with E-state index < -0.39 is 36.4 Å². The first kappa shape index (κ1) is 26.3. The number of hydrogen-bond donors (Lipinski definition) is 1. The molecular formula is C32H29ClN2O5. The third kappa shape index (κ3) is 4.29. The van der Waals surface area contributed by atoms with Gasteiger partial charge in [-0.1, -0.05) is 74.0 Å². The molecule has 3 atom stereocenters. The minimum Gasteiger partial charge on any atom is -0.454 e. The van der Waals surface area contributed by atoms with Crippen molar-refractivity contribution in [3.63, 3.8) is 0 Å². The molecule has 0 spiro atoms. The lowest BCUT2D eigenvalue weighted by atomic mass is 9.55. The van der Waals surface area contributed by atoms with Gasteiger partial charge in [-0.2, -0.15) is 0 Å². The van der Waals surface area contributed by atoms with E-state index in [0.717, 1.165) is 27.2 Å². The van der Waals surface area contributed by atoms with Crippen LogP contribution in [-0.4, -0.2) is 41.2 Å². The molecule has 40 heavy (non-hydrogen) atoms. The Hall–Kier alpha value is -3.97. The molecule has 3 aromatic rings. The van der Waals surface area contributed by atoms with E-state index in [1.807, 2.05) is 62.4 Å². The van der Waals surface area contributed by atoms with Gasteiger partial charge in [-0.05, 0) is 58.9 Å². The van der Waals surface area contributed by atoms with Crippen molar-refractivity contribution in [3.8, 4) is 0 Å². The zero-order chi connectivity index (χ0) is 28.1. The summed E-state index contributed by atoms with van der Waals surface area (Å²) in [6.07, 6.45) is 0.240. The fourth-order valence-electron chi connectivity index (χ4n) is 6.72. The maximum absolute atomic E-state index is 14.1. The third-order valence-electron chi connectivity index (χ3n) is 8.23. The van der Waals surface area contributed by atoms with E-state index >= 15 is 0 Å². The number of carbonyl (C=O) groups excluding carboxylic acids is 4. The maximum atomic E-state index is 14.1. The van der Waals surface area contributed by atoms with Crippen molar-refractivity contribution >= 4 is 41.0 Å². The smallest absolute Gasteiger partial charge is 0.329 e. The quantitative estimate of drug-likeness (QED) is 0.322. The first-order valence-corrected chi connectivity index (χ1v) is 13.9. The standard InChI is InChI=1S/C32H29ClN2O5/c1-17(2)15-24(32(39)40-16-25(36)34-19-13-11-18(33)12-14-19)35-30(37)28-26-20-7-3-4-8-21(20)27(29(28)31(35)38)23-10-6-5-9-22(23)26/h3-14,17,24,26-29H,15-16H2,1-2H3,(H,34,36)/t24-,26?,27?,28-,29+/m1/s1. The Morgan fingerprint density at radius 2 is 1.30 bits per heavy atom. The van der Waals surface area contributed by atoms with Crippen LogP contribution in [0.3, 0.4) is 0 Å². The highest BCUT2D eigenvalue weighted by molar-refractivity contribution is 6.30. The second-order valence-electron chi connectivity index (χ2n) is 11.1. The van der Waals surface area contributed by atoms with Crippen LogP contribution in [0, 0.1) is 17.8 Å². The molecule has 3 amide bonds. The average molecular weight is 557 g/mol. The van der Waals surface area contributed by atoms with Gasteiger partial charge in [-0.15, -0.1) is 0 Å². The summed E-state index contributed by atoms with van der Waals surface area (Å²) >= 11 is 5.89. The Bertz CT molecular complexity index is 1400. The molecule has 4 aliphatic rings. The molecule has 1 N–H and O–H groups in total. The van der Waals surface area contributed by atoms with Crippen LogP contribution in [0.25, 0.3) is 0 Å². The number of ether oxygens (including phenoxy) is 1. The van der Waals surface area contributed by atoms with Gasteiger partial charge in [0.1, 0.15) is 6.04 Å². The number of likely N-dealkylation sites (tertiary alicyclic amines) is 1. The topological polar surface area (TPSA) is 92.8 Å². The predicted octanol–water partition coefficient (Wildman–Crippen LogP) is 5.13. The lowest BCUT2D eigenvalue weighted by molar-refractivity contribution is -0.160. The molecule has 7 rings (SSSR count). The molecule has 2 bridgehead atoms. The molecule has 1 heterocycles. The van der Waals surface area contributed by atoms with Gasteiger partial charge in [-0.3, -0.25) is 19.3 Å². The number of amides is 3. The van der Waals surface area contributed by atoms with Crippen molar-refractivity contribution in [2.75, 3.05) is 11.9 Å². The number of nitrogens with one attached hydrogen (secondary N) is 1. The first-order chi connectivity index (χ1) is 19.3. The summed E-state index contributed by atoms with van der Waals surface area (Å²) < 4.78 is 5.40. The number of halogens is 1. The van der Waals surface area contributed by atoms with E-state index in [-0.39, 0.29) is 36.0 Å². The number of imide groups is 1. The molecule has 8 heteroatoms. The van der Waals surface area contributed by atoms with Gasteiger partial charge in [-0.25, -0.2) is 4.79 Å². The van der Waals surface area contributed by atoms with Crippen LogP contribution >= 0.6 is 11.6 Å². The minimum absolute atomic E-state index is 0.00483. The van der Waals surface area contributed by atoms with Gasteiger partial charge in [0.2, 0.25) is 11.8 Å². The van der Waals surface area contributed by atoms with Gasteiger partial charge >= 0.3 is 5.97 Å². The monoisotopic (exact) mass is 556 g/mol. The van der Waals surface area contributed by atoms with Crippen molar-refractivity contribution in [1.29, 1.82) is 0 Å². The zero-order valence-corrected chi connectivity index (χ0v) is 22.9. The summed E-state index contributed by atoms with van der Waals surface area (Å²) in [5, 5.41) is 3.18. The molecule has 3 aromatic carbocycles. The van der Waals surface area contributed by atoms with E-state index in [4.69, 9.17) is 16.3 Å². The number of nitrogens with zero attached hydrogens (tertiary/aromatic N) is 1.